The van der Waals surface area contributed by atoms with Gasteiger partial charge in [-0.3, -0.25) is 4.18 Å². The third-order valence-corrected chi connectivity index (χ3v) is 7.20. The molecular formula is C32H34O6S. The van der Waals surface area contributed by atoms with Crippen molar-refractivity contribution in [1.29, 1.82) is 0 Å². The molecule has 0 saturated carbocycles. The Bertz CT molecular complexity index is 1320. The molecule has 4 aromatic carbocycles. The highest BCUT2D eigenvalue weighted by atomic mass is 32.2. The average Bonchev–Trinajstić information content (AvgIpc) is 2.97. The van der Waals surface area contributed by atoms with Crippen LogP contribution in [0.15, 0.2) is 121 Å². The maximum Gasteiger partial charge on any atom is 0.271 e. The van der Waals surface area contributed by atoms with Crippen LogP contribution in [-0.2, 0) is 54.1 Å². The predicted molar refractivity (Wildman–Crippen MR) is 151 cm³/mol. The van der Waals surface area contributed by atoms with Gasteiger partial charge in [0.25, 0.3) is 10.1 Å². The van der Waals surface area contributed by atoms with Crippen molar-refractivity contribution >= 4 is 10.1 Å². The van der Waals surface area contributed by atoms with E-state index < -0.39 is 22.3 Å². The summed E-state index contributed by atoms with van der Waals surface area (Å²) in [7, 11) is -3.85. The van der Waals surface area contributed by atoms with Gasteiger partial charge in [0.2, 0.25) is 0 Å². The van der Waals surface area contributed by atoms with Gasteiger partial charge in [-0.1, -0.05) is 121 Å². The molecule has 39 heavy (non-hydrogen) atoms. The molecule has 0 aliphatic rings. The van der Waals surface area contributed by atoms with E-state index in [1.165, 1.54) is 0 Å². The summed E-state index contributed by atoms with van der Waals surface area (Å²) in [6.07, 6.45) is -1.28. The molecular weight excluding hydrogens is 512 g/mol. The Hall–Kier alpha value is -3.33. The Balaban J connectivity index is 1.47. The van der Waals surface area contributed by atoms with E-state index in [1.54, 1.807) is 24.3 Å². The zero-order chi connectivity index (χ0) is 27.2. The van der Waals surface area contributed by atoms with E-state index in [4.69, 9.17) is 18.4 Å². The van der Waals surface area contributed by atoms with Gasteiger partial charge in [0.05, 0.1) is 33.0 Å². The fourth-order valence-electron chi connectivity index (χ4n) is 3.94. The topological polar surface area (TPSA) is 71.1 Å². The van der Waals surface area contributed by atoms with Crippen molar-refractivity contribution < 1.29 is 26.8 Å². The molecule has 0 amide bonds. The summed E-state index contributed by atoms with van der Waals surface area (Å²) in [4.78, 5) is 0. The molecule has 0 aliphatic heterocycles. The summed E-state index contributed by atoms with van der Waals surface area (Å²) in [5.41, 5.74) is 3.64. The van der Waals surface area contributed by atoms with Crippen LogP contribution in [0.1, 0.15) is 22.3 Å². The second kappa shape index (κ2) is 15.3. The van der Waals surface area contributed by atoms with Gasteiger partial charge in [-0.25, -0.2) is 0 Å². The number of rotatable bonds is 16. The molecule has 204 valence electrons. The lowest BCUT2D eigenvalue weighted by Crippen LogP contribution is -2.39. The highest BCUT2D eigenvalue weighted by molar-refractivity contribution is 7.85. The molecule has 0 saturated heterocycles. The van der Waals surface area contributed by atoms with Crippen LogP contribution in [0.2, 0.25) is 0 Å². The summed E-state index contributed by atoms with van der Waals surface area (Å²) in [5.74, 6) is -0.223. The molecule has 0 aromatic heterocycles. The molecule has 4 aromatic rings. The van der Waals surface area contributed by atoms with Crippen molar-refractivity contribution in [3.05, 3.63) is 144 Å². The largest absolute Gasteiger partial charge is 0.374 e. The van der Waals surface area contributed by atoms with Gasteiger partial charge >= 0.3 is 0 Å². The quantitative estimate of drug-likeness (QED) is 0.163. The summed E-state index contributed by atoms with van der Waals surface area (Å²) < 4.78 is 49.7. The molecule has 0 unspecified atom stereocenters. The second-order valence-electron chi connectivity index (χ2n) is 9.14. The van der Waals surface area contributed by atoms with Crippen LogP contribution in [0.4, 0.5) is 0 Å². The van der Waals surface area contributed by atoms with Crippen LogP contribution in [0.25, 0.3) is 0 Å². The van der Waals surface area contributed by atoms with Crippen LogP contribution in [0, 0.1) is 0 Å². The third kappa shape index (κ3) is 10.4. The molecule has 0 bridgehead atoms. The lowest BCUT2D eigenvalue weighted by molar-refractivity contribution is -0.127. The Morgan fingerprint density at radius 3 is 1.33 bits per heavy atom. The summed E-state index contributed by atoms with van der Waals surface area (Å²) in [6, 6.07) is 38.3. The summed E-state index contributed by atoms with van der Waals surface area (Å²) in [6.45, 7) is 0.990. The van der Waals surface area contributed by atoms with Crippen LogP contribution >= 0.6 is 0 Å². The smallest absolute Gasteiger partial charge is 0.271 e. The monoisotopic (exact) mass is 546 g/mol. The highest BCUT2D eigenvalue weighted by Gasteiger charge is 2.27. The molecule has 0 fully saturated rings. The van der Waals surface area contributed by atoms with Crippen molar-refractivity contribution in [2.24, 2.45) is 0 Å². The maximum atomic E-state index is 12.8. The Morgan fingerprint density at radius 1 is 0.487 bits per heavy atom. The fraction of sp³-hybridized carbons (Fsp3) is 0.250. The van der Waals surface area contributed by atoms with Crippen molar-refractivity contribution in [2.45, 2.75) is 37.8 Å². The molecule has 4 rings (SSSR count). The van der Waals surface area contributed by atoms with Crippen molar-refractivity contribution in [3.8, 4) is 0 Å². The van der Waals surface area contributed by atoms with E-state index in [9.17, 15) is 8.42 Å². The first-order valence-electron chi connectivity index (χ1n) is 12.9. The zero-order valence-electron chi connectivity index (χ0n) is 21.8. The van der Waals surface area contributed by atoms with Gasteiger partial charge in [0.1, 0.15) is 18.0 Å². The SMILES string of the molecule is O=S(=O)(Cc1ccccc1)OC[C@H](OCc1ccccc1)[C@H](COCc1ccccc1)OCc1ccccc1. The molecule has 7 heteroatoms. The standard InChI is InChI=1S/C32H34O6S/c33-39(34,26-30-19-11-4-12-20-30)38-25-32(37-23-29-17-9-3-10-18-29)31(36-22-28-15-7-2-8-16-28)24-35-21-27-13-5-1-6-14-27/h1-20,31-32H,21-26H2/t31-,32-/m0/s1. The Labute approximate surface area is 231 Å². The highest BCUT2D eigenvalue weighted by Crippen LogP contribution is 2.16. The van der Waals surface area contributed by atoms with E-state index >= 15 is 0 Å². The number of hydrogen-bond donors (Lipinski definition) is 0. The van der Waals surface area contributed by atoms with E-state index in [1.807, 2.05) is 97.1 Å². The number of hydrogen-bond acceptors (Lipinski definition) is 6. The van der Waals surface area contributed by atoms with E-state index in [2.05, 4.69) is 0 Å². The van der Waals surface area contributed by atoms with Gasteiger partial charge < -0.3 is 14.2 Å². The van der Waals surface area contributed by atoms with Gasteiger partial charge in [0.15, 0.2) is 0 Å². The van der Waals surface area contributed by atoms with Crippen molar-refractivity contribution in [3.63, 3.8) is 0 Å². The third-order valence-electron chi connectivity index (χ3n) is 6.02. The molecule has 2 atom stereocenters. The van der Waals surface area contributed by atoms with Crippen molar-refractivity contribution in [2.75, 3.05) is 13.2 Å². The maximum absolute atomic E-state index is 12.8. The van der Waals surface area contributed by atoms with E-state index in [-0.39, 0.29) is 25.6 Å². The number of benzene rings is 4. The Morgan fingerprint density at radius 2 is 0.872 bits per heavy atom. The zero-order valence-corrected chi connectivity index (χ0v) is 22.6. The lowest BCUT2D eigenvalue weighted by atomic mass is 10.2. The van der Waals surface area contributed by atoms with Gasteiger partial charge in [-0.05, 0) is 22.3 Å². The predicted octanol–water partition coefficient (Wildman–Crippen LogP) is 5.92. The van der Waals surface area contributed by atoms with Crippen molar-refractivity contribution in [1.82, 2.24) is 0 Å². The average molecular weight is 547 g/mol. The first-order valence-corrected chi connectivity index (χ1v) is 14.5. The lowest BCUT2D eigenvalue weighted by Gasteiger charge is -2.27. The normalized spacial score (nSPS) is 13.1. The van der Waals surface area contributed by atoms with Gasteiger partial charge in [-0.2, -0.15) is 8.42 Å². The van der Waals surface area contributed by atoms with Crippen LogP contribution < -0.4 is 0 Å². The number of ether oxygens (including phenoxy) is 3. The molecule has 0 N–H and O–H groups in total. The molecule has 0 radical (unpaired) electrons. The first-order chi connectivity index (χ1) is 19.1. The van der Waals surface area contributed by atoms with Gasteiger partial charge in [0, 0.05) is 0 Å². The van der Waals surface area contributed by atoms with Crippen LogP contribution in [0.5, 0.6) is 0 Å². The molecule has 0 aliphatic carbocycles. The summed E-state index contributed by atoms with van der Waals surface area (Å²) >= 11 is 0. The first kappa shape index (κ1) is 28.7. The van der Waals surface area contributed by atoms with E-state index in [0.29, 0.717) is 18.8 Å². The molecule has 6 nitrogen and oxygen atoms in total. The molecule has 0 spiro atoms. The van der Waals surface area contributed by atoms with E-state index in [0.717, 1.165) is 16.7 Å². The van der Waals surface area contributed by atoms with Gasteiger partial charge in [-0.15, -0.1) is 0 Å². The summed E-state index contributed by atoms with van der Waals surface area (Å²) in [5, 5.41) is 0. The minimum absolute atomic E-state index is 0.198. The minimum Gasteiger partial charge on any atom is -0.374 e. The minimum atomic E-state index is -3.85. The van der Waals surface area contributed by atoms with Crippen LogP contribution in [0.3, 0.4) is 0 Å². The second-order valence-corrected chi connectivity index (χ2v) is 10.8. The van der Waals surface area contributed by atoms with Crippen LogP contribution in [-0.4, -0.2) is 33.8 Å². The molecule has 0 heterocycles. The fourth-order valence-corrected chi connectivity index (χ4v) is 4.96. The Kier molecular flexibility index (Phi) is 11.3.